The molecule has 0 bridgehead atoms. The summed E-state index contributed by atoms with van der Waals surface area (Å²) in [7, 11) is 0. The van der Waals surface area contributed by atoms with E-state index in [0.29, 0.717) is 6.42 Å². The molecule has 0 aliphatic rings. The van der Waals surface area contributed by atoms with E-state index in [1.807, 2.05) is 0 Å². The van der Waals surface area contributed by atoms with Crippen LogP contribution >= 0.6 is 0 Å². The summed E-state index contributed by atoms with van der Waals surface area (Å²) in [5.41, 5.74) is 0. The molecule has 0 fully saturated rings. The van der Waals surface area contributed by atoms with Crippen LogP contribution in [0.15, 0.2) is 0 Å². The third kappa shape index (κ3) is 9.81. The Labute approximate surface area is 102 Å². The van der Waals surface area contributed by atoms with E-state index in [9.17, 15) is 9.59 Å². The molecule has 0 amide bonds. The first-order valence-corrected chi connectivity index (χ1v) is 6.03. The van der Waals surface area contributed by atoms with E-state index in [2.05, 4.69) is 6.92 Å². The maximum absolute atomic E-state index is 11.3. The van der Waals surface area contributed by atoms with Gasteiger partial charge in [0.25, 0.3) is 0 Å². The van der Waals surface area contributed by atoms with Gasteiger partial charge in [0, 0.05) is 13.3 Å². The van der Waals surface area contributed by atoms with Crippen LogP contribution in [0.25, 0.3) is 0 Å². The smallest absolute Gasteiger partial charge is 0.305 e. The molecular weight excluding hydrogens is 224 g/mol. The molecule has 0 rings (SSSR count). The molecule has 100 valence electrons. The van der Waals surface area contributed by atoms with Gasteiger partial charge >= 0.3 is 11.9 Å². The van der Waals surface area contributed by atoms with Gasteiger partial charge in [0.2, 0.25) is 0 Å². The Morgan fingerprint density at radius 2 is 1.94 bits per heavy atom. The van der Waals surface area contributed by atoms with Gasteiger partial charge in [-0.2, -0.15) is 0 Å². The Morgan fingerprint density at radius 3 is 2.47 bits per heavy atom. The molecule has 0 aromatic carbocycles. The summed E-state index contributed by atoms with van der Waals surface area (Å²) in [5.74, 6) is -0.810. The van der Waals surface area contributed by atoms with Gasteiger partial charge in [0.1, 0.15) is 6.61 Å². The second kappa shape index (κ2) is 10.1. The molecule has 5 heteroatoms. The average molecular weight is 246 g/mol. The van der Waals surface area contributed by atoms with E-state index in [-0.39, 0.29) is 19.2 Å². The van der Waals surface area contributed by atoms with Gasteiger partial charge < -0.3 is 14.6 Å². The predicted molar refractivity (Wildman–Crippen MR) is 62.4 cm³/mol. The molecule has 1 N–H and O–H groups in total. The lowest BCUT2D eigenvalue weighted by atomic mass is 10.2. The first-order valence-electron chi connectivity index (χ1n) is 6.03. The van der Waals surface area contributed by atoms with E-state index < -0.39 is 12.1 Å². The van der Waals surface area contributed by atoms with Crippen LogP contribution in [0.2, 0.25) is 0 Å². The first-order chi connectivity index (χ1) is 8.10. The highest BCUT2D eigenvalue weighted by atomic mass is 16.6. The van der Waals surface area contributed by atoms with Gasteiger partial charge in [-0.15, -0.1) is 0 Å². The van der Waals surface area contributed by atoms with Crippen LogP contribution in [0.4, 0.5) is 0 Å². The van der Waals surface area contributed by atoms with Crippen molar-refractivity contribution in [2.24, 2.45) is 0 Å². The summed E-state index contributed by atoms with van der Waals surface area (Å²) in [6.45, 7) is 2.92. The quantitative estimate of drug-likeness (QED) is 0.492. The number of carbonyl (C=O) groups is 2. The lowest BCUT2D eigenvalue weighted by Gasteiger charge is -2.14. The SMILES string of the molecule is CCCCCCC(=O)OC[C@H](CO)OC(C)=O. The molecule has 0 aromatic heterocycles. The van der Waals surface area contributed by atoms with Crippen LogP contribution in [-0.2, 0) is 19.1 Å². The highest BCUT2D eigenvalue weighted by molar-refractivity contribution is 5.69. The molecule has 0 heterocycles. The summed E-state index contributed by atoms with van der Waals surface area (Å²) < 4.78 is 9.63. The normalized spacial score (nSPS) is 11.9. The van der Waals surface area contributed by atoms with Crippen molar-refractivity contribution in [1.29, 1.82) is 0 Å². The molecule has 17 heavy (non-hydrogen) atoms. The number of ether oxygens (including phenoxy) is 2. The van der Waals surface area contributed by atoms with Crippen LogP contribution in [0.3, 0.4) is 0 Å². The fourth-order valence-electron chi connectivity index (χ4n) is 1.31. The number of aliphatic hydroxyl groups excluding tert-OH is 1. The van der Waals surface area contributed by atoms with Crippen LogP contribution < -0.4 is 0 Å². The third-order valence-corrected chi connectivity index (χ3v) is 2.20. The number of hydrogen-bond acceptors (Lipinski definition) is 5. The molecule has 1 atom stereocenters. The second-order valence-corrected chi connectivity index (χ2v) is 3.91. The van der Waals surface area contributed by atoms with Crippen molar-refractivity contribution in [2.45, 2.75) is 52.1 Å². The fraction of sp³-hybridized carbons (Fsp3) is 0.833. The second-order valence-electron chi connectivity index (χ2n) is 3.91. The van der Waals surface area contributed by atoms with E-state index in [1.165, 1.54) is 6.92 Å². The van der Waals surface area contributed by atoms with E-state index in [4.69, 9.17) is 14.6 Å². The zero-order valence-corrected chi connectivity index (χ0v) is 10.6. The molecule has 0 saturated heterocycles. The van der Waals surface area contributed by atoms with Crippen LogP contribution in [0, 0.1) is 0 Å². The van der Waals surface area contributed by atoms with Crippen LogP contribution in [-0.4, -0.2) is 36.4 Å². The van der Waals surface area contributed by atoms with Crippen molar-refractivity contribution < 1.29 is 24.2 Å². The molecule has 5 nitrogen and oxygen atoms in total. The van der Waals surface area contributed by atoms with Crippen molar-refractivity contribution in [3.05, 3.63) is 0 Å². The maximum atomic E-state index is 11.3. The predicted octanol–water partition coefficient (Wildman–Crippen LogP) is 1.42. The molecule has 0 aliphatic heterocycles. The molecule has 0 unspecified atom stereocenters. The minimum Gasteiger partial charge on any atom is -0.462 e. The van der Waals surface area contributed by atoms with Gasteiger partial charge in [0.05, 0.1) is 6.61 Å². The first kappa shape index (κ1) is 15.9. The maximum Gasteiger partial charge on any atom is 0.305 e. The van der Waals surface area contributed by atoms with E-state index in [0.717, 1.165) is 25.7 Å². The molecular formula is C12H22O5. The number of esters is 2. The fourth-order valence-corrected chi connectivity index (χ4v) is 1.31. The van der Waals surface area contributed by atoms with Crippen LogP contribution in [0.1, 0.15) is 46.0 Å². The summed E-state index contributed by atoms with van der Waals surface area (Å²) in [4.78, 5) is 21.9. The number of rotatable bonds is 9. The topological polar surface area (TPSA) is 72.8 Å². The van der Waals surface area contributed by atoms with Gasteiger partial charge in [-0.3, -0.25) is 9.59 Å². The van der Waals surface area contributed by atoms with E-state index >= 15 is 0 Å². The Kier molecular flexibility index (Phi) is 9.43. The Bertz CT molecular complexity index is 227. The van der Waals surface area contributed by atoms with Gasteiger partial charge in [-0.1, -0.05) is 26.2 Å². The summed E-state index contributed by atoms with van der Waals surface area (Å²) in [6.07, 6.45) is 3.67. The van der Waals surface area contributed by atoms with Gasteiger partial charge in [-0.05, 0) is 6.42 Å². The lowest BCUT2D eigenvalue weighted by Crippen LogP contribution is -2.27. The number of hydrogen-bond donors (Lipinski definition) is 1. The highest BCUT2D eigenvalue weighted by Crippen LogP contribution is 2.04. The monoisotopic (exact) mass is 246 g/mol. The van der Waals surface area contributed by atoms with E-state index in [1.54, 1.807) is 0 Å². The number of unbranched alkanes of at least 4 members (excludes halogenated alkanes) is 3. The van der Waals surface area contributed by atoms with Crippen LogP contribution in [0.5, 0.6) is 0 Å². The van der Waals surface area contributed by atoms with Crippen molar-refractivity contribution in [3.63, 3.8) is 0 Å². The minimum atomic E-state index is -0.757. The summed E-state index contributed by atoms with van der Waals surface area (Å²) in [6, 6.07) is 0. The number of carbonyl (C=O) groups excluding carboxylic acids is 2. The van der Waals surface area contributed by atoms with Gasteiger partial charge in [0.15, 0.2) is 6.10 Å². The zero-order valence-electron chi connectivity index (χ0n) is 10.6. The van der Waals surface area contributed by atoms with Gasteiger partial charge in [-0.25, -0.2) is 0 Å². The summed E-state index contributed by atoms with van der Waals surface area (Å²) in [5, 5.41) is 8.87. The molecule has 0 spiro atoms. The summed E-state index contributed by atoms with van der Waals surface area (Å²) >= 11 is 0. The number of aliphatic hydroxyl groups is 1. The minimum absolute atomic E-state index is 0.0807. The lowest BCUT2D eigenvalue weighted by molar-refractivity contribution is -0.159. The highest BCUT2D eigenvalue weighted by Gasteiger charge is 2.13. The van der Waals surface area contributed by atoms with Crippen molar-refractivity contribution in [1.82, 2.24) is 0 Å². The molecule has 0 aromatic rings. The molecule has 0 saturated carbocycles. The standard InChI is InChI=1S/C12H22O5/c1-3-4-5-6-7-12(15)16-9-11(8-13)17-10(2)14/h11,13H,3-9H2,1-2H3/t11-/m0/s1. The largest absolute Gasteiger partial charge is 0.462 e. The van der Waals surface area contributed by atoms with Crippen molar-refractivity contribution in [2.75, 3.05) is 13.2 Å². The average Bonchev–Trinajstić information content (AvgIpc) is 2.29. The zero-order chi connectivity index (χ0) is 13.1. The Hall–Kier alpha value is -1.10. The molecule has 0 aliphatic carbocycles. The third-order valence-electron chi connectivity index (χ3n) is 2.20. The molecule has 0 radical (unpaired) electrons. The van der Waals surface area contributed by atoms with Crippen molar-refractivity contribution in [3.8, 4) is 0 Å². The Morgan fingerprint density at radius 1 is 1.24 bits per heavy atom. The van der Waals surface area contributed by atoms with Crippen molar-refractivity contribution >= 4 is 11.9 Å². The Balaban J connectivity index is 3.62.